The number of benzene rings is 3. The van der Waals surface area contributed by atoms with Crippen LogP contribution in [0.25, 0.3) is 0 Å². The van der Waals surface area contributed by atoms with Crippen molar-refractivity contribution in [2.75, 3.05) is 114 Å². The molecular weight excluding hydrogens is 653 g/mol. The Morgan fingerprint density at radius 3 is 0.808 bits per heavy atom. The molecule has 0 heterocycles. The summed E-state index contributed by atoms with van der Waals surface area (Å²) in [6, 6.07) is 7.46. The summed E-state index contributed by atoms with van der Waals surface area (Å²) in [6.07, 6.45) is 0. The van der Waals surface area contributed by atoms with Crippen molar-refractivity contribution in [2.45, 2.75) is 69.2 Å². The lowest BCUT2D eigenvalue weighted by Crippen LogP contribution is -2.73. The van der Waals surface area contributed by atoms with Crippen LogP contribution in [-0.2, 0) is 0 Å². The minimum absolute atomic E-state index is 0.266. The third-order valence-electron chi connectivity index (χ3n) is 11.8. The summed E-state index contributed by atoms with van der Waals surface area (Å²) < 4.78 is 0. The second-order valence-corrected chi connectivity index (χ2v) is 20.5. The average molecular weight is 723 g/mol. The number of aryl methyl sites for hydroxylation is 6. The molecule has 6 nitrogen and oxygen atoms in total. The van der Waals surface area contributed by atoms with Gasteiger partial charge in [-0.25, -0.2) is 0 Å². The average Bonchev–Trinajstić information content (AvgIpc) is 3.19. The lowest BCUT2D eigenvalue weighted by Gasteiger charge is -2.48. The van der Waals surface area contributed by atoms with Gasteiger partial charge in [0.15, 0.2) is 8.07 Å². The molecule has 0 fully saturated rings. The summed E-state index contributed by atoms with van der Waals surface area (Å²) in [4.78, 5) is 14.3. The predicted octanol–water partition coefficient (Wildman–Crippen LogP) is 7.25. The Hall–Kier alpha value is -3.84. The van der Waals surface area contributed by atoms with E-state index in [1.165, 1.54) is 99.8 Å². The molecule has 0 radical (unpaired) electrons. The Bertz CT molecular complexity index is 1780. The van der Waals surface area contributed by atoms with Gasteiger partial charge in [0.05, 0.1) is 34.1 Å². The van der Waals surface area contributed by atoms with E-state index in [0.717, 1.165) is 0 Å². The van der Waals surface area contributed by atoms with E-state index in [4.69, 9.17) is 0 Å². The van der Waals surface area contributed by atoms with Crippen LogP contribution in [0.15, 0.2) is 40.1 Å². The molecule has 1 aliphatic carbocycles. The van der Waals surface area contributed by atoms with Gasteiger partial charge in [0.25, 0.3) is 0 Å². The van der Waals surface area contributed by atoms with E-state index in [1.807, 2.05) is 0 Å². The summed E-state index contributed by atoms with van der Waals surface area (Å²) >= 11 is 0. The normalized spacial score (nSPS) is 14.8. The zero-order valence-electron chi connectivity index (χ0n) is 37.0. The highest BCUT2D eigenvalue weighted by Gasteiger charge is 2.55. The van der Waals surface area contributed by atoms with Gasteiger partial charge in [-0.3, -0.25) is 0 Å². The number of rotatable bonds is 10. The van der Waals surface area contributed by atoms with Gasteiger partial charge in [-0.15, -0.1) is 0 Å². The molecule has 52 heavy (non-hydrogen) atoms. The van der Waals surface area contributed by atoms with E-state index in [-0.39, 0.29) is 5.92 Å². The van der Waals surface area contributed by atoms with Gasteiger partial charge in [0, 0.05) is 84.6 Å². The third-order valence-corrected chi connectivity index (χ3v) is 17.6. The molecule has 0 aliphatic heterocycles. The van der Waals surface area contributed by atoms with Crippen molar-refractivity contribution in [3.8, 4) is 0 Å². The molecule has 0 spiro atoms. The van der Waals surface area contributed by atoms with E-state index in [1.54, 1.807) is 5.20 Å². The quantitative estimate of drug-likeness (QED) is 0.161. The molecule has 4 rings (SSSR count). The second-order valence-electron chi connectivity index (χ2n) is 16.9. The van der Waals surface area contributed by atoms with Crippen LogP contribution in [-0.4, -0.2) is 92.6 Å². The predicted molar refractivity (Wildman–Crippen MR) is 239 cm³/mol. The van der Waals surface area contributed by atoms with Crippen LogP contribution in [0.4, 0.5) is 34.1 Å². The molecule has 1 atom stereocenters. The van der Waals surface area contributed by atoms with Gasteiger partial charge in [0.1, 0.15) is 0 Å². The van der Waals surface area contributed by atoms with E-state index < -0.39 is 8.07 Å². The summed E-state index contributed by atoms with van der Waals surface area (Å²) in [6.45, 7) is 23.8. The standard InChI is InChI=1S/C45H70N6Si/c1-26-23-29(4)42(39(49(17)18)36(26)46(11)12)52(45-34(9)32(7)33(8)35(45)10,43-30(5)24-27(2)37(47(13)14)40(43)50(19)20)44-31(6)25-28(3)38(48(15)16)41(44)51(21)22/h23-25,34H,1-22H3. The molecule has 1 unspecified atom stereocenters. The van der Waals surface area contributed by atoms with Gasteiger partial charge in [-0.2, -0.15) is 0 Å². The second kappa shape index (κ2) is 14.5. The summed E-state index contributed by atoms with van der Waals surface area (Å²) in [7, 11) is 23.6. The highest BCUT2D eigenvalue weighted by atomic mass is 28.3. The Labute approximate surface area is 319 Å². The smallest absolute Gasteiger partial charge is 0.184 e. The SMILES string of the molecule is CC1=C(C)C(C)C([Si](c2c(C)cc(C)c(N(C)C)c2N(C)C)(c2c(C)cc(C)c(N(C)C)c2N(C)C)c2c(C)cc(C)c(N(C)C)c2N(C)C)=C1C. The van der Waals surface area contributed by atoms with Gasteiger partial charge >= 0.3 is 0 Å². The molecule has 3 aromatic carbocycles. The van der Waals surface area contributed by atoms with Crippen LogP contribution >= 0.6 is 0 Å². The van der Waals surface area contributed by atoms with Gasteiger partial charge in [0.2, 0.25) is 0 Å². The van der Waals surface area contributed by atoms with E-state index in [2.05, 4.69) is 201 Å². The van der Waals surface area contributed by atoms with Crippen molar-refractivity contribution in [1.82, 2.24) is 0 Å². The maximum Gasteiger partial charge on any atom is 0.184 e. The van der Waals surface area contributed by atoms with Crippen molar-refractivity contribution >= 4 is 57.8 Å². The molecule has 0 amide bonds. The Morgan fingerprint density at radius 1 is 0.365 bits per heavy atom. The van der Waals surface area contributed by atoms with Crippen LogP contribution in [0, 0.1) is 47.5 Å². The molecule has 0 saturated heterocycles. The van der Waals surface area contributed by atoms with Crippen molar-refractivity contribution in [1.29, 1.82) is 0 Å². The maximum atomic E-state index is 2.50. The first-order valence-electron chi connectivity index (χ1n) is 18.8. The largest absolute Gasteiger partial charge is 0.376 e. The van der Waals surface area contributed by atoms with E-state index >= 15 is 0 Å². The fraction of sp³-hybridized carbons (Fsp3) is 0.511. The van der Waals surface area contributed by atoms with Crippen molar-refractivity contribution in [2.24, 2.45) is 5.92 Å². The highest BCUT2D eigenvalue weighted by Crippen LogP contribution is 2.48. The zero-order chi connectivity index (χ0) is 39.6. The summed E-state index contributed by atoms with van der Waals surface area (Å²) in [5, 5.41) is 6.10. The van der Waals surface area contributed by atoms with Crippen LogP contribution < -0.4 is 45.0 Å². The lowest BCUT2D eigenvalue weighted by atomic mass is 10.0. The molecule has 3 aromatic rings. The summed E-state index contributed by atoms with van der Waals surface area (Å²) in [5.41, 5.74) is 20.2. The third kappa shape index (κ3) is 6.11. The van der Waals surface area contributed by atoms with E-state index in [9.17, 15) is 0 Å². The first-order chi connectivity index (χ1) is 24.0. The van der Waals surface area contributed by atoms with Gasteiger partial charge in [-0.05, 0) is 123 Å². The Morgan fingerprint density at radius 2 is 0.615 bits per heavy atom. The molecule has 0 saturated carbocycles. The van der Waals surface area contributed by atoms with Crippen molar-refractivity contribution in [3.63, 3.8) is 0 Å². The number of hydrogen-bond donors (Lipinski definition) is 0. The maximum absolute atomic E-state index is 3.32. The molecule has 7 heteroatoms. The fourth-order valence-electron chi connectivity index (χ4n) is 10.0. The molecule has 0 N–H and O–H groups in total. The minimum atomic E-state index is -3.32. The number of anilines is 6. The number of nitrogens with zero attached hydrogens (tertiary/aromatic N) is 6. The highest BCUT2D eigenvalue weighted by molar-refractivity contribution is 7.19. The number of allylic oxidation sites excluding steroid dienone is 4. The van der Waals surface area contributed by atoms with Crippen LogP contribution in [0.3, 0.4) is 0 Å². The molecule has 1 aliphatic rings. The Kier molecular flexibility index (Phi) is 11.4. The first-order valence-corrected chi connectivity index (χ1v) is 20.8. The Balaban J connectivity index is 2.73. The van der Waals surface area contributed by atoms with Crippen LogP contribution in [0.2, 0.25) is 0 Å². The molecule has 0 bridgehead atoms. The van der Waals surface area contributed by atoms with Gasteiger partial charge in [-0.1, -0.05) is 41.5 Å². The number of hydrogen-bond acceptors (Lipinski definition) is 6. The van der Waals surface area contributed by atoms with Gasteiger partial charge < -0.3 is 29.4 Å². The zero-order valence-corrected chi connectivity index (χ0v) is 38.0. The first kappa shape index (κ1) is 40.9. The molecule has 284 valence electrons. The molecule has 0 aromatic heterocycles. The van der Waals surface area contributed by atoms with Crippen LogP contribution in [0.1, 0.15) is 61.1 Å². The van der Waals surface area contributed by atoms with Crippen LogP contribution in [0.5, 0.6) is 0 Å². The van der Waals surface area contributed by atoms with Crippen molar-refractivity contribution < 1.29 is 0 Å². The fourth-order valence-corrected chi connectivity index (χ4v) is 17.3. The van der Waals surface area contributed by atoms with Crippen molar-refractivity contribution in [3.05, 3.63) is 73.5 Å². The van der Waals surface area contributed by atoms with E-state index in [0.29, 0.717) is 0 Å². The topological polar surface area (TPSA) is 19.4 Å². The lowest BCUT2D eigenvalue weighted by molar-refractivity contribution is 0.851. The minimum Gasteiger partial charge on any atom is -0.376 e. The monoisotopic (exact) mass is 723 g/mol. The molecular formula is C45H70N6Si. The summed E-state index contributed by atoms with van der Waals surface area (Å²) in [5.74, 6) is 0.266.